The van der Waals surface area contributed by atoms with E-state index in [1.807, 2.05) is 24.3 Å². The number of nitrogens with one attached hydrogen (secondary N) is 1. The summed E-state index contributed by atoms with van der Waals surface area (Å²) in [6.07, 6.45) is 9.15. The van der Waals surface area contributed by atoms with Gasteiger partial charge in [-0.25, -0.2) is 0 Å². The first kappa shape index (κ1) is 12.4. The van der Waals surface area contributed by atoms with E-state index < -0.39 is 0 Å². The molecule has 4 heteroatoms. The molecular formula is C14H17N3O. The summed E-state index contributed by atoms with van der Waals surface area (Å²) < 4.78 is 5.58. The van der Waals surface area contributed by atoms with Crippen LogP contribution in [0.3, 0.4) is 0 Å². The van der Waals surface area contributed by atoms with Crippen LogP contribution in [0, 0.1) is 0 Å². The number of rotatable bonds is 7. The molecule has 0 saturated carbocycles. The van der Waals surface area contributed by atoms with E-state index in [4.69, 9.17) is 4.74 Å². The van der Waals surface area contributed by atoms with Crippen molar-refractivity contribution in [3.63, 3.8) is 0 Å². The Morgan fingerprint density at radius 2 is 1.56 bits per heavy atom. The molecule has 0 atom stereocenters. The van der Waals surface area contributed by atoms with E-state index in [1.54, 1.807) is 24.8 Å². The van der Waals surface area contributed by atoms with Crippen molar-refractivity contribution >= 4 is 5.69 Å². The minimum absolute atomic E-state index is 0.738. The van der Waals surface area contributed by atoms with Crippen molar-refractivity contribution in [2.75, 3.05) is 18.5 Å². The summed E-state index contributed by atoms with van der Waals surface area (Å²) in [6.45, 7) is 1.69. The van der Waals surface area contributed by atoms with Crippen molar-refractivity contribution in [3.8, 4) is 5.75 Å². The Bertz CT molecular complexity index is 390. The standard InChI is InChI=1S/C14H17N3O/c1(7-17-13-3-8-15-9-4-13)2-12-18-14-5-10-16-11-6-14/h3-6,8-11H,1-2,7,12H2,(H,15,17). The van der Waals surface area contributed by atoms with Gasteiger partial charge in [-0.1, -0.05) is 0 Å². The predicted octanol–water partition coefficient (Wildman–Crippen LogP) is 2.75. The van der Waals surface area contributed by atoms with Gasteiger partial charge in [0.1, 0.15) is 5.75 Å². The lowest BCUT2D eigenvalue weighted by molar-refractivity contribution is 0.308. The number of ether oxygens (including phenoxy) is 1. The molecule has 0 unspecified atom stereocenters. The van der Waals surface area contributed by atoms with Gasteiger partial charge in [0.2, 0.25) is 0 Å². The van der Waals surface area contributed by atoms with Crippen LogP contribution < -0.4 is 10.1 Å². The van der Waals surface area contributed by atoms with Crippen LogP contribution >= 0.6 is 0 Å². The summed E-state index contributed by atoms with van der Waals surface area (Å²) >= 11 is 0. The molecule has 0 aliphatic heterocycles. The predicted molar refractivity (Wildman–Crippen MR) is 71.7 cm³/mol. The first-order valence-corrected chi connectivity index (χ1v) is 6.12. The monoisotopic (exact) mass is 243 g/mol. The molecule has 94 valence electrons. The smallest absolute Gasteiger partial charge is 0.122 e. The molecule has 0 bridgehead atoms. The van der Waals surface area contributed by atoms with Gasteiger partial charge in [-0.15, -0.1) is 0 Å². The second kappa shape index (κ2) is 7.27. The van der Waals surface area contributed by atoms with E-state index in [0.29, 0.717) is 0 Å². The Hall–Kier alpha value is -2.10. The van der Waals surface area contributed by atoms with Gasteiger partial charge >= 0.3 is 0 Å². The van der Waals surface area contributed by atoms with Crippen LogP contribution in [0.5, 0.6) is 5.75 Å². The Balaban J connectivity index is 1.54. The second-order valence-corrected chi connectivity index (χ2v) is 3.90. The third kappa shape index (κ3) is 4.41. The van der Waals surface area contributed by atoms with Crippen molar-refractivity contribution in [3.05, 3.63) is 49.1 Å². The van der Waals surface area contributed by atoms with Crippen molar-refractivity contribution in [1.29, 1.82) is 0 Å². The summed E-state index contributed by atoms with van der Waals surface area (Å²) in [5.74, 6) is 0.882. The highest BCUT2D eigenvalue weighted by Gasteiger charge is 1.93. The number of unbranched alkanes of at least 4 members (excludes halogenated alkanes) is 1. The molecule has 2 heterocycles. The quantitative estimate of drug-likeness (QED) is 0.760. The SMILES string of the molecule is c1cc(NCCCCOc2ccncc2)ccn1. The number of nitrogens with zero attached hydrogens (tertiary/aromatic N) is 2. The highest BCUT2D eigenvalue weighted by molar-refractivity contribution is 5.40. The molecule has 18 heavy (non-hydrogen) atoms. The lowest BCUT2D eigenvalue weighted by Crippen LogP contribution is -2.04. The maximum Gasteiger partial charge on any atom is 0.122 e. The third-order valence-corrected chi connectivity index (χ3v) is 2.50. The summed E-state index contributed by atoms with van der Waals surface area (Å²) in [6, 6.07) is 7.67. The lowest BCUT2D eigenvalue weighted by atomic mass is 10.3. The van der Waals surface area contributed by atoms with Crippen LogP contribution in [0.4, 0.5) is 5.69 Å². The van der Waals surface area contributed by atoms with Gasteiger partial charge in [0.25, 0.3) is 0 Å². The van der Waals surface area contributed by atoms with Crippen molar-refractivity contribution in [2.45, 2.75) is 12.8 Å². The summed E-state index contributed by atoms with van der Waals surface area (Å²) in [5, 5.41) is 3.34. The largest absolute Gasteiger partial charge is 0.493 e. The number of aromatic nitrogens is 2. The molecule has 0 radical (unpaired) electrons. The Morgan fingerprint density at radius 1 is 0.889 bits per heavy atom. The van der Waals surface area contributed by atoms with Crippen LogP contribution in [0.25, 0.3) is 0 Å². The number of hydrogen-bond donors (Lipinski definition) is 1. The van der Waals surface area contributed by atoms with Gasteiger partial charge in [-0.3, -0.25) is 9.97 Å². The molecule has 0 amide bonds. The number of pyridine rings is 2. The third-order valence-electron chi connectivity index (χ3n) is 2.50. The molecule has 0 aliphatic rings. The first-order chi connectivity index (χ1) is 8.95. The molecule has 0 aliphatic carbocycles. The Labute approximate surface area is 107 Å². The Morgan fingerprint density at radius 3 is 2.28 bits per heavy atom. The van der Waals surface area contributed by atoms with Crippen LogP contribution in [0.2, 0.25) is 0 Å². The maximum atomic E-state index is 5.58. The zero-order valence-corrected chi connectivity index (χ0v) is 10.2. The van der Waals surface area contributed by atoms with Crippen molar-refractivity contribution in [1.82, 2.24) is 9.97 Å². The number of anilines is 1. The fourth-order valence-corrected chi connectivity index (χ4v) is 1.55. The summed E-state index contributed by atoms with van der Waals surface area (Å²) in [4.78, 5) is 7.91. The molecule has 0 fully saturated rings. The molecule has 1 N–H and O–H groups in total. The van der Waals surface area contributed by atoms with Crippen LogP contribution in [-0.2, 0) is 0 Å². The molecule has 0 aromatic carbocycles. The van der Waals surface area contributed by atoms with E-state index in [2.05, 4.69) is 15.3 Å². The molecule has 2 aromatic rings. The maximum absolute atomic E-state index is 5.58. The van der Waals surface area contributed by atoms with Crippen molar-refractivity contribution in [2.24, 2.45) is 0 Å². The Kier molecular flexibility index (Phi) is 4.99. The highest BCUT2D eigenvalue weighted by Crippen LogP contribution is 2.08. The minimum atomic E-state index is 0.738. The van der Waals surface area contributed by atoms with Gasteiger partial charge in [0.05, 0.1) is 6.61 Å². The zero-order valence-electron chi connectivity index (χ0n) is 10.2. The fourth-order valence-electron chi connectivity index (χ4n) is 1.55. The summed E-state index contributed by atoms with van der Waals surface area (Å²) in [7, 11) is 0. The highest BCUT2D eigenvalue weighted by atomic mass is 16.5. The first-order valence-electron chi connectivity index (χ1n) is 6.12. The average Bonchev–Trinajstić information content (AvgIpc) is 2.45. The van der Waals surface area contributed by atoms with E-state index >= 15 is 0 Å². The second-order valence-electron chi connectivity index (χ2n) is 3.90. The van der Waals surface area contributed by atoms with E-state index in [-0.39, 0.29) is 0 Å². The number of hydrogen-bond acceptors (Lipinski definition) is 4. The van der Waals surface area contributed by atoms with Crippen LogP contribution in [0.15, 0.2) is 49.1 Å². The molecule has 0 saturated heterocycles. The molecule has 2 aromatic heterocycles. The van der Waals surface area contributed by atoms with Gasteiger partial charge in [-0.2, -0.15) is 0 Å². The van der Waals surface area contributed by atoms with Gasteiger partial charge < -0.3 is 10.1 Å². The van der Waals surface area contributed by atoms with Crippen LogP contribution in [-0.4, -0.2) is 23.1 Å². The lowest BCUT2D eigenvalue weighted by Gasteiger charge is -2.07. The minimum Gasteiger partial charge on any atom is -0.493 e. The summed E-state index contributed by atoms with van der Waals surface area (Å²) in [5.41, 5.74) is 1.11. The molecule has 4 nitrogen and oxygen atoms in total. The van der Waals surface area contributed by atoms with Crippen molar-refractivity contribution < 1.29 is 4.74 Å². The molecule has 0 spiro atoms. The van der Waals surface area contributed by atoms with E-state index in [0.717, 1.165) is 37.4 Å². The average molecular weight is 243 g/mol. The van der Waals surface area contributed by atoms with E-state index in [9.17, 15) is 0 Å². The van der Waals surface area contributed by atoms with Gasteiger partial charge in [-0.05, 0) is 37.1 Å². The molecular weight excluding hydrogens is 226 g/mol. The van der Waals surface area contributed by atoms with Crippen LogP contribution in [0.1, 0.15) is 12.8 Å². The van der Waals surface area contributed by atoms with E-state index in [1.165, 1.54) is 0 Å². The van der Waals surface area contributed by atoms with Gasteiger partial charge in [0, 0.05) is 37.0 Å². The van der Waals surface area contributed by atoms with Gasteiger partial charge in [0.15, 0.2) is 0 Å². The molecule has 2 rings (SSSR count). The topological polar surface area (TPSA) is 47.0 Å². The normalized spacial score (nSPS) is 10.0. The zero-order chi connectivity index (χ0) is 12.5. The fraction of sp³-hybridized carbons (Fsp3) is 0.286.